The Morgan fingerprint density at radius 1 is 1.53 bits per heavy atom. The summed E-state index contributed by atoms with van der Waals surface area (Å²) >= 11 is 1.55. The van der Waals surface area contributed by atoms with Crippen molar-refractivity contribution in [1.82, 2.24) is 10.2 Å². The number of thioether (sulfide) groups is 1. The van der Waals surface area contributed by atoms with E-state index in [9.17, 15) is 9.59 Å². The minimum atomic E-state index is -0.0629. The Labute approximate surface area is 94.8 Å². The highest BCUT2D eigenvalue weighted by Gasteiger charge is 2.23. The Bertz CT molecular complexity index is 256. The first-order valence-electron chi connectivity index (χ1n) is 5.15. The monoisotopic (exact) mass is 230 g/mol. The van der Waals surface area contributed by atoms with Crippen LogP contribution in [0, 0.1) is 5.92 Å². The molecule has 1 aliphatic rings. The molecule has 0 aromatic carbocycles. The van der Waals surface area contributed by atoms with Gasteiger partial charge >= 0.3 is 0 Å². The Balaban J connectivity index is 2.32. The fourth-order valence-corrected chi connectivity index (χ4v) is 2.08. The maximum Gasteiger partial charge on any atom is 0.239 e. The number of nitrogens with one attached hydrogen (secondary N) is 1. The van der Waals surface area contributed by atoms with Gasteiger partial charge in [0.2, 0.25) is 11.8 Å². The third-order valence-corrected chi connectivity index (χ3v) is 3.49. The van der Waals surface area contributed by atoms with Gasteiger partial charge < -0.3 is 10.2 Å². The van der Waals surface area contributed by atoms with E-state index in [1.165, 1.54) is 0 Å². The third kappa shape index (κ3) is 3.74. The first-order valence-corrected chi connectivity index (χ1v) is 6.31. The quantitative estimate of drug-likeness (QED) is 0.772. The summed E-state index contributed by atoms with van der Waals surface area (Å²) in [6.07, 6.45) is 0. The number of hydrogen-bond donors (Lipinski definition) is 1. The van der Waals surface area contributed by atoms with Gasteiger partial charge in [0.1, 0.15) is 6.54 Å². The van der Waals surface area contributed by atoms with Crippen LogP contribution in [0.5, 0.6) is 0 Å². The fraction of sp³-hybridized carbons (Fsp3) is 0.800. The number of rotatable bonds is 4. The van der Waals surface area contributed by atoms with Crippen molar-refractivity contribution in [3.05, 3.63) is 0 Å². The average Bonchev–Trinajstić information content (AvgIpc) is 2.51. The maximum absolute atomic E-state index is 11.5. The molecule has 5 heteroatoms. The minimum Gasteiger partial charge on any atom is -0.352 e. The molecule has 0 aliphatic carbocycles. The van der Waals surface area contributed by atoms with Crippen molar-refractivity contribution in [3.8, 4) is 0 Å². The molecule has 1 unspecified atom stereocenters. The molecule has 1 saturated heterocycles. The van der Waals surface area contributed by atoms with Gasteiger partial charge in [-0.2, -0.15) is 0 Å². The molecule has 0 bridgehead atoms. The molecule has 86 valence electrons. The van der Waals surface area contributed by atoms with E-state index in [2.05, 4.69) is 19.2 Å². The summed E-state index contributed by atoms with van der Waals surface area (Å²) in [4.78, 5) is 24.4. The molecular formula is C10H18N2O2S. The van der Waals surface area contributed by atoms with Crippen LogP contribution in [0.3, 0.4) is 0 Å². The van der Waals surface area contributed by atoms with Gasteiger partial charge in [0, 0.05) is 6.04 Å². The van der Waals surface area contributed by atoms with E-state index in [0.29, 0.717) is 17.5 Å². The number of carbonyl (C=O) groups excluding carboxylic acids is 2. The molecule has 0 spiro atoms. The van der Waals surface area contributed by atoms with Crippen LogP contribution in [0.1, 0.15) is 20.8 Å². The molecule has 1 heterocycles. The second-order valence-corrected chi connectivity index (χ2v) is 5.12. The van der Waals surface area contributed by atoms with Gasteiger partial charge in [-0.25, -0.2) is 0 Å². The smallest absolute Gasteiger partial charge is 0.239 e. The van der Waals surface area contributed by atoms with E-state index in [1.807, 2.05) is 6.92 Å². The summed E-state index contributed by atoms with van der Waals surface area (Å²) in [5, 5.41) is 2.88. The van der Waals surface area contributed by atoms with Crippen LogP contribution in [-0.4, -0.2) is 40.9 Å². The molecule has 15 heavy (non-hydrogen) atoms. The number of carbonyl (C=O) groups is 2. The number of amides is 2. The van der Waals surface area contributed by atoms with Gasteiger partial charge in [-0.05, 0) is 12.8 Å². The highest BCUT2D eigenvalue weighted by atomic mass is 32.2. The molecule has 1 rings (SSSR count). The lowest BCUT2D eigenvalue weighted by atomic mass is 10.1. The Kier molecular flexibility index (Phi) is 4.45. The number of nitrogens with zero attached hydrogens (tertiary/aromatic N) is 1. The van der Waals surface area contributed by atoms with Crippen molar-refractivity contribution in [1.29, 1.82) is 0 Å². The standard InChI is InChI=1S/C10H18N2O2S/c1-7(2)8(3)11-9(13)4-12-6-15-5-10(12)14/h7-8H,4-6H2,1-3H3,(H,11,13). The van der Waals surface area contributed by atoms with E-state index < -0.39 is 0 Å². The molecule has 1 N–H and O–H groups in total. The highest BCUT2D eigenvalue weighted by Crippen LogP contribution is 2.14. The highest BCUT2D eigenvalue weighted by molar-refractivity contribution is 8.00. The SMILES string of the molecule is CC(C)C(C)NC(=O)CN1CSCC1=O. The molecular weight excluding hydrogens is 212 g/mol. The predicted molar refractivity (Wildman–Crippen MR) is 61.5 cm³/mol. The lowest BCUT2D eigenvalue weighted by Gasteiger charge is -2.20. The van der Waals surface area contributed by atoms with Gasteiger partial charge in [-0.1, -0.05) is 13.8 Å². The summed E-state index contributed by atoms with van der Waals surface area (Å²) in [5.74, 6) is 1.56. The Morgan fingerprint density at radius 2 is 2.20 bits per heavy atom. The van der Waals surface area contributed by atoms with Crippen molar-refractivity contribution >= 4 is 23.6 Å². The zero-order chi connectivity index (χ0) is 11.4. The third-order valence-electron chi connectivity index (χ3n) is 2.55. The van der Waals surface area contributed by atoms with E-state index in [-0.39, 0.29) is 24.4 Å². The average molecular weight is 230 g/mol. The summed E-state index contributed by atoms with van der Waals surface area (Å²) in [6, 6.07) is 0.155. The molecule has 1 aliphatic heterocycles. The Morgan fingerprint density at radius 3 is 2.67 bits per heavy atom. The predicted octanol–water partition coefficient (Wildman–Crippen LogP) is 0.680. The fourth-order valence-electron chi connectivity index (χ4n) is 1.18. The topological polar surface area (TPSA) is 49.4 Å². The molecule has 0 aromatic rings. The molecule has 1 fully saturated rings. The van der Waals surface area contributed by atoms with Crippen LogP contribution in [0.15, 0.2) is 0 Å². The lowest BCUT2D eigenvalue weighted by molar-refractivity contribution is -0.132. The zero-order valence-electron chi connectivity index (χ0n) is 9.45. The molecule has 1 atom stereocenters. The van der Waals surface area contributed by atoms with Crippen molar-refractivity contribution < 1.29 is 9.59 Å². The van der Waals surface area contributed by atoms with Crippen molar-refractivity contribution in [2.75, 3.05) is 18.2 Å². The Hall–Kier alpha value is -0.710. The first-order chi connectivity index (χ1) is 7.00. The van der Waals surface area contributed by atoms with E-state index in [0.717, 1.165) is 0 Å². The molecule has 4 nitrogen and oxygen atoms in total. The molecule has 2 amide bonds. The zero-order valence-corrected chi connectivity index (χ0v) is 10.3. The van der Waals surface area contributed by atoms with Gasteiger partial charge in [-0.3, -0.25) is 9.59 Å². The van der Waals surface area contributed by atoms with Gasteiger partial charge in [0.15, 0.2) is 0 Å². The molecule has 0 radical (unpaired) electrons. The van der Waals surface area contributed by atoms with Crippen LogP contribution in [0.25, 0.3) is 0 Å². The second kappa shape index (κ2) is 5.39. The van der Waals surface area contributed by atoms with Crippen LogP contribution in [-0.2, 0) is 9.59 Å². The second-order valence-electron chi connectivity index (χ2n) is 4.17. The van der Waals surface area contributed by atoms with E-state index in [1.54, 1.807) is 16.7 Å². The summed E-state index contributed by atoms with van der Waals surface area (Å²) in [7, 11) is 0. The van der Waals surface area contributed by atoms with E-state index in [4.69, 9.17) is 0 Å². The normalized spacial score (nSPS) is 18.4. The minimum absolute atomic E-state index is 0.0624. The maximum atomic E-state index is 11.5. The van der Waals surface area contributed by atoms with Crippen LogP contribution < -0.4 is 5.32 Å². The largest absolute Gasteiger partial charge is 0.352 e. The van der Waals surface area contributed by atoms with E-state index >= 15 is 0 Å². The molecule has 0 saturated carbocycles. The number of hydrogen-bond acceptors (Lipinski definition) is 3. The van der Waals surface area contributed by atoms with Crippen LogP contribution in [0.2, 0.25) is 0 Å². The first kappa shape index (κ1) is 12.4. The van der Waals surface area contributed by atoms with Crippen molar-refractivity contribution in [3.63, 3.8) is 0 Å². The van der Waals surface area contributed by atoms with Crippen molar-refractivity contribution in [2.24, 2.45) is 5.92 Å². The summed E-state index contributed by atoms with van der Waals surface area (Å²) in [5.41, 5.74) is 0. The van der Waals surface area contributed by atoms with Gasteiger partial charge in [-0.15, -0.1) is 11.8 Å². The van der Waals surface area contributed by atoms with Crippen LogP contribution in [0.4, 0.5) is 0 Å². The summed E-state index contributed by atoms with van der Waals surface area (Å²) in [6.45, 7) is 6.29. The summed E-state index contributed by atoms with van der Waals surface area (Å²) < 4.78 is 0. The lowest BCUT2D eigenvalue weighted by Crippen LogP contribution is -2.43. The van der Waals surface area contributed by atoms with Gasteiger partial charge in [0.05, 0.1) is 11.6 Å². The molecule has 0 aromatic heterocycles. The van der Waals surface area contributed by atoms with Crippen LogP contribution >= 0.6 is 11.8 Å². The van der Waals surface area contributed by atoms with Crippen molar-refractivity contribution in [2.45, 2.75) is 26.8 Å². The van der Waals surface area contributed by atoms with Gasteiger partial charge in [0.25, 0.3) is 0 Å².